The van der Waals surface area contributed by atoms with Gasteiger partial charge in [-0.25, -0.2) is 0 Å². The Morgan fingerprint density at radius 1 is 0.750 bits per heavy atom. The molecule has 0 atom stereocenters. The number of anilines is 1. The lowest BCUT2D eigenvalue weighted by Crippen LogP contribution is -1.87. The number of nitrogens with two attached hydrogens (primary N) is 1. The molecule has 3 rings (SSSR count). The van der Waals surface area contributed by atoms with Crippen LogP contribution in [0, 0.1) is 0 Å². The van der Waals surface area contributed by atoms with Crippen LogP contribution in [0.15, 0.2) is 73.1 Å². The van der Waals surface area contributed by atoms with Crippen molar-refractivity contribution in [1.29, 1.82) is 0 Å². The molecule has 0 spiro atoms. The zero-order chi connectivity index (χ0) is 13.8. The van der Waals surface area contributed by atoms with Crippen LogP contribution in [0.5, 0.6) is 11.5 Å². The van der Waals surface area contributed by atoms with Gasteiger partial charge in [0.25, 0.3) is 0 Å². The van der Waals surface area contributed by atoms with E-state index in [-0.39, 0.29) is 0 Å². The summed E-state index contributed by atoms with van der Waals surface area (Å²) in [4.78, 5) is 4.12. The standard InChI is InChI=1S/C17H14N2O/c18-15-5-9-17(10-6-15)20-16-7-3-13(4-8-16)14-2-1-11-19-12-14/h1-12H,18H2. The van der Waals surface area contributed by atoms with Gasteiger partial charge in [0, 0.05) is 18.1 Å². The van der Waals surface area contributed by atoms with E-state index in [1.54, 1.807) is 6.20 Å². The number of ether oxygens (including phenoxy) is 1. The van der Waals surface area contributed by atoms with E-state index in [1.807, 2.05) is 66.9 Å². The second kappa shape index (κ2) is 5.45. The molecule has 0 aliphatic rings. The third-order valence-corrected chi connectivity index (χ3v) is 2.96. The molecule has 0 aliphatic heterocycles. The Morgan fingerprint density at radius 3 is 2.00 bits per heavy atom. The molecule has 98 valence electrons. The van der Waals surface area contributed by atoms with Crippen LogP contribution in [0.3, 0.4) is 0 Å². The van der Waals surface area contributed by atoms with E-state index in [9.17, 15) is 0 Å². The number of aromatic nitrogens is 1. The first-order valence-electron chi connectivity index (χ1n) is 6.35. The zero-order valence-electron chi connectivity index (χ0n) is 10.9. The summed E-state index contributed by atoms with van der Waals surface area (Å²) in [5.41, 5.74) is 8.57. The van der Waals surface area contributed by atoms with Crippen molar-refractivity contribution in [1.82, 2.24) is 4.98 Å². The van der Waals surface area contributed by atoms with Crippen molar-refractivity contribution in [3.8, 4) is 22.6 Å². The third-order valence-electron chi connectivity index (χ3n) is 2.96. The maximum atomic E-state index is 5.75. The highest BCUT2D eigenvalue weighted by Crippen LogP contribution is 2.25. The molecule has 0 radical (unpaired) electrons. The Hall–Kier alpha value is -2.81. The number of pyridine rings is 1. The SMILES string of the molecule is Nc1ccc(Oc2ccc(-c3cccnc3)cc2)cc1. The largest absolute Gasteiger partial charge is 0.457 e. The van der Waals surface area contributed by atoms with Crippen molar-refractivity contribution in [3.05, 3.63) is 73.1 Å². The number of rotatable bonds is 3. The first-order valence-corrected chi connectivity index (χ1v) is 6.35. The molecule has 3 aromatic rings. The van der Waals surface area contributed by atoms with Crippen molar-refractivity contribution in [2.24, 2.45) is 0 Å². The molecule has 3 heteroatoms. The van der Waals surface area contributed by atoms with Crippen molar-refractivity contribution < 1.29 is 4.74 Å². The smallest absolute Gasteiger partial charge is 0.127 e. The van der Waals surface area contributed by atoms with Crippen LogP contribution >= 0.6 is 0 Å². The second-order valence-electron chi connectivity index (χ2n) is 4.44. The minimum atomic E-state index is 0.726. The predicted molar refractivity (Wildman–Crippen MR) is 80.6 cm³/mol. The van der Waals surface area contributed by atoms with Gasteiger partial charge in [0.2, 0.25) is 0 Å². The fourth-order valence-corrected chi connectivity index (χ4v) is 1.92. The summed E-state index contributed by atoms with van der Waals surface area (Å²) >= 11 is 0. The molecule has 1 heterocycles. The summed E-state index contributed by atoms with van der Waals surface area (Å²) in [5.74, 6) is 1.57. The molecule has 0 saturated heterocycles. The Balaban J connectivity index is 1.78. The highest BCUT2D eigenvalue weighted by Gasteiger charge is 2.00. The van der Waals surface area contributed by atoms with Crippen LogP contribution in [0.4, 0.5) is 5.69 Å². The molecule has 0 bridgehead atoms. The number of nitrogen functional groups attached to an aromatic ring is 1. The molecule has 0 unspecified atom stereocenters. The number of benzene rings is 2. The Labute approximate surface area is 117 Å². The van der Waals surface area contributed by atoms with E-state index < -0.39 is 0 Å². The van der Waals surface area contributed by atoms with E-state index in [0.29, 0.717) is 0 Å². The molecule has 0 fully saturated rings. The topological polar surface area (TPSA) is 48.1 Å². The van der Waals surface area contributed by atoms with Crippen molar-refractivity contribution >= 4 is 5.69 Å². The summed E-state index contributed by atoms with van der Waals surface area (Å²) in [5, 5.41) is 0. The molecular weight excluding hydrogens is 248 g/mol. The predicted octanol–water partition coefficient (Wildman–Crippen LogP) is 4.12. The number of hydrogen-bond acceptors (Lipinski definition) is 3. The Bertz CT molecular complexity index is 676. The van der Waals surface area contributed by atoms with Gasteiger partial charge in [-0.3, -0.25) is 4.98 Å². The highest BCUT2D eigenvalue weighted by atomic mass is 16.5. The Morgan fingerprint density at radius 2 is 1.40 bits per heavy atom. The lowest BCUT2D eigenvalue weighted by molar-refractivity contribution is 0.483. The van der Waals surface area contributed by atoms with E-state index in [4.69, 9.17) is 10.5 Å². The maximum Gasteiger partial charge on any atom is 0.127 e. The van der Waals surface area contributed by atoms with E-state index in [0.717, 1.165) is 28.3 Å². The lowest BCUT2D eigenvalue weighted by atomic mass is 10.1. The normalized spacial score (nSPS) is 10.2. The summed E-state index contributed by atoms with van der Waals surface area (Å²) in [6, 6.07) is 19.2. The lowest BCUT2D eigenvalue weighted by Gasteiger charge is -2.07. The van der Waals surface area contributed by atoms with Gasteiger partial charge >= 0.3 is 0 Å². The quantitative estimate of drug-likeness (QED) is 0.722. The minimum Gasteiger partial charge on any atom is -0.457 e. The summed E-state index contributed by atoms with van der Waals surface area (Å²) in [6.45, 7) is 0. The van der Waals surface area contributed by atoms with Gasteiger partial charge < -0.3 is 10.5 Å². The zero-order valence-corrected chi connectivity index (χ0v) is 10.9. The first kappa shape index (κ1) is 12.2. The fourth-order valence-electron chi connectivity index (χ4n) is 1.92. The summed E-state index contributed by atoms with van der Waals surface area (Å²) in [6.07, 6.45) is 3.61. The molecule has 2 aromatic carbocycles. The maximum absolute atomic E-state index is 5.75. The van der Waals surface area contributed by atoms with Gasteiger partial charge in [-0.05, 0) is 53.6 Å². The first-order chi connectivity index (χ1) is 9.81. The number of hydrogen-bond donors (Lipinski definition) is 1. The van der Waals surface area contributed by atoms with E-state index in [2.05, 4.69) is 4.98 Å². The number of nitrogens with zero attached hydrogens (tertiary/aromatic N) is 1. The van der Waals surface area contributed by atoms with Gasteiger partial charge in [-0.2, -0.15) is 0 Å². The van der Waals surface area contributed by atoms with Gasteiger partial charge in [0.1, 0.15) is 11.5 Å². The van der Waals surface area contributed by atoms with Crippen LogP contribution in [0.1, 0.15) is 0 Å². The van der Waals surface area contributed by atoms with Crippen molar-refractivity contribution in [2.75, 3.05) is 5.73 Å². The second-order valence-corrected chi connectivity index (χ2v) is 4.44. The van der Waals surface area contributed by atoms with Gasteiger partial charge in [-0.15, -0.1) is 0 Å². The molecule has 0 amide bonds. The van der Waals surface area contributed by atoms with Crippen LogP contribution in [0.2, 0.25) is 0 Å². The monoisotopic (exact) mass is 262 g/mol. The van der Waals surface area contributed by atoms with Crippen molar-refractivity contribution in [3.63, 3.8) is 0 Å². The van der Waals surface area contributed by atoms with Gasteiger partial charge in [0.15, 0.2) is 0 Å². The van der Waals surface area contributed by atoms with Gasteiger partial charge in [0.05, 0.1) is 0 Å². The fraction of sp³-hybridized carbons (Fsp3) is 0. The van der Waals surface area contributed by atoms with E-state index >= 15 is 0 Å². The molecule has 2 N–H and O–H groups in total. The molecule has 1 aromatic heterocycles. The average molecular weight is 262 g/mol. The molecule has 3 nitrogen and oxygen atoms in total. The molecule has 0 saturated carbocycles. The van der Waals surface area contributed by atoms with Crippen molar-refractivity contribution in [2.45, 2.75) is 0 Å². The van der Waals surface area contributed by atoms with E-state index in [1.165, 1.54) is 0 Å². The highest BCUT2D eigenvalue weighted by molar-refractivity contribution is 5.63. The van der Waals surface area contributed by atoms with Crippen LogP contribution < -0.4 is 10.5 Å². The average Bonchev–Trinajstić information content (AvgIpc) is 2.51. The third kappa shape index (κ3) is 2.78. The summed E-state index contributed by atoms with van der Waals surface area (Å²) in [7, 11) is 0. The molecular formula is C17H14N2O. The molecule has 0 aliphatic carbocycles. The van der Waals surface area contributed by atoms with Crippen LogP contribution in [-0.2, 0) is 0 Å². The van der Waals surface area contributed by atoms with Crippen LogP contribution in [-0.4, -0.2) is 4.98 Å². The summed E-state index contributed by atoms with van der Waals surface area (Å²) < 4.78 is 5.75. The minimum absolute atomic E-state index is 0.726. The molecule has 20 heavy (non-hydrogen) atoms. The Kier molecular flexibility index (Phi) is 3.33. The van der Waals surface area contributed by atoms with Gasteiger partial charge in [-0.1, -0.05) is 18.2 Å². The van der Waals surface area contributed by atoms with Crippen LogP contribution in [0.25, 0.3) is 11.1 Å².